The molecule has 10 nitrogen and oxygen atoms in total. The molecule has 1 aliphatic heterocycles. The van der Waals surface area contributed by atoms with Crippen molar-refractivity contribution < 1.29 is 39.2 Å². The number of carbonyl (C=O) groups excluding carboxylic acids is 2. The second kappa shape index (κ2) is 13.6. The van der Waals surface area contributed by atoms with E-state index < -0.39 is 30.6 Å². The molecule has 36 heavy (non-hydrogen) atoms. The van der Waals surface area contributed by atoms with E-state index >= 15 is 0 Å². The predicted molar refractivity (Wildman–Crippen MR) is 134 cm³/mol. The Hall–Kier alpha value is -2.69. The molecular weight excluding hydrogens is 468 g/mol. The average molecular weight is 509 g/mol. The van der Waals surface area contributed by atoms with Crippen LogP contribution in [-0.2, 0) is 25.5 Å². The molecule has 1 heterocycles. The number of rotatable bonds is 13. The van der Waals surface area contributed by atoms with Crippen molar-refractivity contribution in [2.45, 2.75) is 97.2 Å². The molecule has 0 aliphatic carbocycles. The van der Waals surface area contributed by atoms with Crippen molar-refractivity contribution >= 4 is 23.5 Å². The maximum absolute atomic E-state index is 12.6. The van der Waals surface area contributed by atoms with Crippen LogP contribution in [0.2, 0.25) is 0 Å². The van der Waals surface area contributed by atoms with Gasteiger partial charge in [0.15, 0.2) is 6.10 Å². The van der Waals surface area contributed by atoms with E-state index in [1.807, 2.05) is 13.0 Å². The Morgan fingerprint density at radius 1 is 1.08 bits per heavy atom. The number of carboxylic acids is 1. The fourth-order valence-corrected chi connectivity index (χ4v) is 4.31. The zero-order valence-electron chi connectivity index (χ0n) is 21.6. The van der Waals surface area contributed by atoms with Crippen LogP contribution in [0.5, 0.6) is 5.75 Å². The third-order valence-corrected chi connectivity index (χ3v) is 5.99. The first-order chi connectivity index (χ1) is 17.0. The van der Waals surface area contributed by atoms with Gasteiger partial charge in [-0.1, -0.05) is 40.2 Å². The number of ether oxygens (including phenoxy) is 2. The Kier molecular flexibility index (Phi) is 11.1. The molecule has 0 saturated carbocycles. The Bertz CT molecular complexity index is 904. The topological polar surface area (TPSA) is 154 Å². The first kappa shape index (κ1) is 29.5. The zero-order chi connectivity index (χ0) is 26.9. The SMILES string of the molecule is CCCC(=O)NCCC(=O)Nc1cc(CC(C)(C)CCC)ccc1O[C@@H]1O[C@H](C(=O)O)C(O)CC1O. The number of carboxylic acid groups (broad SMARTS) is 1. The van der Waals surface area contributed by atoms with E-state index in [1.54, 1.807) is 12.1 Å². The molecule has 1 fully saturated rings. The maximum atomic E-state index is 12.6. The number of amides is 2. The summed E-state index contributed by atoms with van der Waals surface area (Å²) >= 11 is 0. The average Bonchev–Trinajstić information content (AvgIpc) is 2.76. The summed E-state index contributed by atoms with van der Waals surface area (Å²) in [5, 5.41) is 35.0. The summed E-state index contributed by atoms with van der Waals surface area (Å²) in [5.41, 5.74) is 1.35. The van der Waals surface area contributed by atoms with Gasteiger partial charge in [-0.05, 0) is 42.4 Å². The van der Waals surface area contributed by atoms with Gasteiger partial charge in [-0.2, -0.15) is 0 Å². The number of hydrogen-bond acceptors (Lipinski definition) is 7. The minimum Gasteiger partial charge on any atom is -0.479 e. The van der Waals surface area contributed by atoms with Crippen LogP contribution >= 0.6 is 0 Å². The summed E-state index contributed by atoms with van der Waals surface area (Å²) in [7, 11) is 0. The van der Waals surface area contributed by atoms with Crippen molar-refractivity contribution in [3.05, 3.63) is 23.8 Å². The Balaban J connectivity index is 2.21. The van der Waals surface area contributed by atoms with Crippen molar-refractivity contribution in [2.24, 2.45) is 5.41 Å². The number of aliphatic hydroxyl groups is 2. The lowest BCUT2D eigenvalue weighted by Gasteiger charge is -2.35. The first-order valence-electron chi connectivity index (χ1n) is 12.6. The van der Waals surface area contributed by atoms with Crippen molar-refractivity contribution in [2.75, 3.05) is 11.9 Å². The minimum atomic E-state index is -1.54. The largest absolute Gasteiger partial charge is 0.479 e. The predicted octanol–water partition coefficient (Wildman–Crippen LogP) is 2.60. The smallest absolute Gasteiger partial charge is 0.335 e. The molecule has 1 aliphatic rings. The summed E-state index contributed by atoms with van der Waals surface area (Å²) in [6.07, 6.45) is -1.79. The molecular formula is C26H40N2O8. The van der Waals surface area contributed by atoms with Crippen LogP contribution in [0.25, 0.3) is 0 Å². The lowest BCUT2D eigenvalue weighted by molar-refractivity contribution is -0.237. The quantitative estimate of drug-likeness (QED) is 0.272. The Morgan fingerprint density at radius 2 is 1.81 bits per heavy atom. The first-order valence-corrected chi connectivity index (χ1v) is 12.6. The minimum absolute atomic E-state index is 0.0372. The van der Waals surface area contributed by atoms with Crippen LogP contribution in [-0.4, -0.2) is 64.2 Å². The Labute approximate surface area is 212 Å². The summed E-state index contributed by atoms with van der Waals surface area (Å²) in [6, 6.07) is 5.29. The molecule has 1 aromatic carbocycles. The lowest BCUT2D eigenvalue weighted by Crippen LogP contribution is -2.52. The summed E-state index contributed by atoms with van der Waals surface area (Å²) < 4.78 is 11.1. The van der Waals surface area contributed by atoms with Gasteiger partial charge in [-0.15, -0.1) is 0 Å². The molecule has 2 rings (SSSR count). The van der Waals surface area contributed by atoms with E-state index in [0.717, 1.165) is 31.2 Å². The molecule has 2 amide bonds. The van der Waals surface area contributed by atoms with Gasteiger partial charge in [0.05, 0.1) is 11.8 Å². The highest BCUT2D eigenvalue weighted by atomic mass is 16.7. The molecule has 2 unspecified atom stereocenters. The van der Waals surface area contributed by atoms with Crippen molar-refractivity contribution in [3.63, 3.8) is 0 Å². The van der Waals surface area contributed by atoms with E-state index in [1.165, 1.54) is 0 Å². The van der Waals surface area contributed by atoms with Gasteiger partial charge in [0.1, 0.15) is 11.9 Å². The molecule has 0 aromatic heterocycles. The van der Waals surface area contributed by atoms with Gasteiger partial charge < -0.3 is 35.4 Å². The number of nitrogens with one attached hydrogen (secondary N) is 2. The van der Waals surface area contributed by atoms with Gasteiger partial charge in [0.25, 0.3) is 0 Å². The highest BCUT2D eigenvalue weighted by Crippen LogP contribution is 2.34. The number of benzene rings is 1. The highest BCUT2D eigenvalue weighted by molar-refractivity contribution is 5.92. The lowest BCUT2D eigenvalue weighted by atomic mass is 9.82. The van der Waals surface area contributed by atoms with E-state index in [9.17, 15) is 29.7 Å². The van der Waals surface area contributed by atoms with Gasteiger partial charge in [-0.3, -0.25) is 9.59 Å². The van der Waals surface area contributed by atoms with Crippen LogP contribution in [0, 0.1) is 5.41 Å². The van der Waals surface area contributed by atoms with Crippen LogP contribution in [0.15, 0.2) is 18.2 Å². The third kappa shape index (κ3) is 9.07. The van der Waals surface area contributed by atoms with Gasteiger partial charge in [0, 0.05) is 25.8 Å². The maximum Gasteiger partial charge on any atom is 0.335 e. The van der Waals surface area contributed by atoms with E-state index in [-0.39, 0.29) is 42.4 Å². The second-order valence-electron chi connectivity index (χ2n) is 10.1. The summed E-state index contributed by atoms with van der Waals surface area (Å²) in [5.74, 6) is -1.63. The normalized spacial score (nSPS) is 22.1. The standard InChI is InChI=1S/C26H40N2O8/c1-5-7-21(31)27-12-10-22(32)28-17-13-16(15-26(3,4)11-6-2)8-9-20(17)35-25-19(30)14-18(29)23(36-25)24(33)34/h8-9,13,18-19,23,25,29-30H,5-7,10-12,14-15H2,1-4H3,(H,27,31)(H,28,32)(H,33,34)/t18?,19?,23-,25+/m0/s1. The summed E-state index contributed by atoms with van der Waals surface area (Å²) in [4.78, 5) is 35.7. The molecule has 0 radical (unpaired) electrons. The molecule has 10 heteroatoms. The molecule has 5 N–H and O–H groups in total. The summed E-state index contributed by atoms with van der Waals surface area (Å²) in [6.45, 7) is 8.55. The molecule has 202 valence electrons. The van der Waals surface area contributed by atoms with Crippen LogP contribution in [0.1, 0.15) is 71.8 Å². The number of hydrogen-bond donors (Lipinski definition) is 5. The van der Waals surface area contributed by atoms with E-state index in [0.29, 0.717) is 12.1 Å². The molecule has 1 aromatic rings. The number of aliphatic carboxylic acids is 1. The number of carbonyl (C=O) groups is 3. The molecule has 0 bridgehead atoms. The van der Waals surface area contributed by atoms with Crippen LogP contribution in [0.3, 0.4) is 0 Å². The van der Waals surface area contributed by atoms with Gasteiger partial charge >= 0.3 is 5.97 Å². The monoisotopic (exact) mass is 508 g/mol. The van der Waals surface area contributed by atoms with Crippen molar-refractivity contribution in [1.29, 1.82) is 0 Å². The second-order valence-corrected chi connectivity index (χ2v) is 10.1. The fourth-order valence-electron chi connectivity index (χ4n) is 4.31. The van der Waals surface area contributed by atoms with Gasteiger partial charge in [-0.25, -0.2) is 4.79 Å². The third-order valence-electron chi connectivity index (χ3n) is 5.99. The molecule has 0 spiro atoms. The Morgan fingerprint density at radius 3 is 2.44 bits per heavy atom. The van der Waals surface area contributed by atoms with Crippen molar-refractivity contribution in [3.8, 4) is 5.75 Å². The molecule has 4 atom stereocenters. The van der Waals surface area contributed by atoms with Gasteiger partial charge in [0.2, 0.25) is 18.1 Å². The molecule has 1 saturated heterocycles. The fraction of sp³-hybridized carbons (Fsp3) is 0.654. The van der Waals surface area contributed by atoms with Crippen LogP contribution < -0.4 is 15.4 Å². The number of anilines is 1. The van der Waals surface area contributed by atoms with Crippen molar-refractivity contribution in [1.82, 2.24) is 5.32 Å². The van der Waals surface area contributed by atoms with Crippen LogP contribution in [0.4, 0.5) is 5.69 Å². The van der Waals surface area contributed by atoms with E-state index in [2.05, 4.69) is 31.4 Å². The zero-order valence-corrected chi connectivity index (χ0v) is 21.6. The highest BCUT2D eigenvalue weighted by Gasteiger charge is 2.41. The number of aliphatic hydroxyl groups excluding tert-OH is 2. The van der Waals surface area contributed by atoms with E-state index in [4.69, 9.17) is 9.47 Å².